The van der Waals surface area contributed by atoms with Crippen LogP contribution in [0.15, 0.2) is 45.6 Å². The highest BCUT2D eigenvalue weighted by atomic mass is 16.7. The van der Waals surface area contributed by atoms with E-state index < -0.39 is 72.6 Å². The second-order valence-electron chi connectivity index (χ2n) is 10.1. The fraction of sp³-hybridized carbons (Fsp3) is 0.444. The number of fused-ring (bicyclic) bond motifs is 1. The van der Waals surface area contributed by atoms with Gasteiger partial charge in [-0.25, -0.2) is 0 Å². The van der Waals surface area contributed by atoms with Crippen LogP contribution in [-0.2, 0) is 9.47 Å². The van der Waals surface area contributed by atoms with Crippen molar-refractivity contribution in [3.63, 3.8) is 0 Å². The van der Waals surface area contributed by atoms with Crippen molar-refractivity contribution in [2.45, 2.75) is 75.3 Å². The van der Waals surface area contributed by atoms with Gasteiger partial charge >= 0.3 is 0 Å². The van der Waals surface area contributed by atoms with Crippen molar-refractivity contribution in [3.05, 3.63) is 46.6 Å². The molecule has 41 heavy (non-hydrogen) atoms. The Morgan fingerprint density at radius 1 is 0.683 bits per heavy atom. The third-order valence-corrected chi connectivity index (χ3v) is 7.14. The Hall–Kier alpha value is -3.47. The molecule has 0 aliphatic carbocycles. The molecule has 10 atom stereocenters. The molecule has 0 spiro atoms. The maximum Gasteiger partial charge on any atom is 0.229 e. The highest BCUT2D eigenvalue weighted by molar-refractivity contribution is 5.86. The molecule has 2 aromatic carbocycles. The number of aliphatic hydroxyl groups excluding tert-OH is 6. The number of hydrogen-bond acceptors (Lipinski definition) is 14. The minimum Gasteiger partial charge on any atom is -0.504 e. The zero-order valence-corrected chi connectivity index (χ0v) is 21.8. The topological polar surface area (TPSA) is 229 Å². The number of benzene rings is 2. The molecule has 3 aromatic rings. The first-order valence-corrected chi connectivity index (χ1v) is 12.7. The van der Waals surface area contributed by atoms with Crippen LogP contribution in [0.2, 0.25) is 0 Å². The first-order valence-electron chi connectivity index (χ1n) is 12.7. The van der Waals surface area contributed by atoms with Crippen molar-refractivity contribution in [3.8, 4) is 34.3 Å². The molecule has 2 saturated heterocycles. The van der Waals surface area contributed by atoms with E-state index in [-0.39, 0.29) is 39.5 Å². The summed E-state index contributed by atoms with van der Waals surface area (Å²) in [5.74, 6) is -1.18. The van der Waals surface area contributed by atoms with Crippen LogP contribution in [0.1, 0.15) is 13.8 Å². The van der Waals surface area contributed by atoms with Gasteiger partial charge in [-0.05, 0) is 32.0 Å². The van der Waals surface area contributed by atoms with Gasteiger partial charge in [0.05, 0.1) is 12.2 Å². The van der Waals surface area contributed by atoms with Crippen LogP contribution in [0.3, 0.4) is 0 Å². The number of phenolic OH excluding ortho intramolecular Hbond substituents is 2. The second kappa shape index (κ2) is 11.1. The van der Waals surface area contributed by atoms with Gasteiger partial charge in [0, 0.05) is 23.8 Å². The van der Waals surface area contributed by atoms with Crippen molar-refractivity contribution in [2.24, 2.45) is 0 Å². The third kappa shape index (κ3) is 5.43. The number of aliphatic hydroxyl groups is 6. The molecular weight excluding hydrogens is 548 g/mol. The van der Waals surface area contributed by atoms with Gasteiger partial charge in [-0.15, -0.1) is 0 Å². The van der Waals surface area contributed by atoms with Gasteiger partial charge < -0.3 is 64.2 Å². The van der Waals surface area contributed by atoms with Crippen molar-refractivity contribution < 1.29 is 64.2 Å². The number of rotatable bonds is 5. The van der Waals surface area contributed by atoms with E-state index in [1.54, 1.807) is 0 Å². The molecule has 1 aromatic heterocycles. The normalized spacial score (nSPS) is 34.0. The zero-order chi connectivity index (χ0) is 29.7. The summed E-state index contributed by atoms with van der Waals surface area (Å²) in [6.45, 7) is 2.91. The molecule has 0 radical (unpaired) electrons. The lowest BCUT2D eigenvalue weighted by Gasteiger charge is -2.39. The first-order chi connectivity index (χ1) is 19.3. The molecule has 14 heteroatoms. The zero-order valence-electron chi connectivity index (χ0n) is 21.8. The summed E-state index contributed by atoms with van der Waals surface area (Å²) < 4.78 is 28.5. The highest BCUT2D eigenvalue weighted by Crippen LogP contribution is 2.37. The second-order valence-corrected chi connectivity index (χ2v) is 10.1. The maximum atomic E-state index is 13.3. The molecule has 3 heterocycles. The summed E-state index contributed by atoms with van der Waals surface area (Å²) in [6, 6.07) is 7.37. The van der Waals surface area contributed by atoms with Crippen LogP contribution in [0, 0.1) is 0 Å². The molecular formula is C27H30O14. The van der Waals surface area contributed by atoms with E-state index in [2.05, 4.69) is 0 Å². The molecule has 5 rings (SSSR count). The van der Waals surface area contributed by atoms with E-state index >= 15 is 0 Å². The molecule has 2 fully saturated rings. The number of hydrogen-bond donors (Lipinski definition) is 8. The average molecular weight is 579 g/mol. The van der Waals surface area contributed by atoms with Gasteiger partial charge in [0.25, 0.3) is 0 Å². The summed E-state index contributed by atoms with van der Waals surface area (Å²) in [7, 11) is 0. The van der Waals surface area contributed by atoms with Crippen LogP contribution in [-0.4, -0.2) is 102 Å². The SMILES string of the molecule is C[C@H]1OC(Oc2cc(OC3O[C@H](C)[C@@H](O)[C@H](O)[C@H]3O)c3c(=O)cc(-c4ccc(O)c(O)c4)oc3c2)[C@H](O)[C@@H](O)[C@@H]1O. The van der Waals surface area contributed by atoms with E-state index in [1.165, 1.54) is 44.2 Å². The Morgan fingerprint density at radius 3 is 1.85 bits per heavy atom. The van der Waals surface area contributed by atoms with Gasteiger partial charge in [-0.3, -0.25) is 4.79 Å². The lowest BCUT2D eigenvalue weighted by Crippen LogP contribution is -2.58. The quantitative estimate of drug-likeness (QED) is 0.175. The number of aromatic hydroxyl groups is 2. The Morgan fingerprint density at radius 2 is 1.27 bits per heavy atom. The van der Waals surface area contributed by atoms with Crippen LogP contribution in [0.25, 0.3) is 22.3 Å². The maximum absolute atomic E-state index is 13.3. The lowest BCUT2D eigenvalue weighted by molar-refractivity contribution is -0.269. The summed E-state index contributed by atoms with van der Waals surface area (Å²) in [6.07, 6.45) is -14.2. The summed E-state index contributed by atoms with van der Waals surface area (Å²) in [5, 5.41) is 80.7. The molecule has 0 saturated carbocycles. The molecule has 14 nitrogen and oxygen atoms in total. The smallest absolute Gasteiger partial charge is 0.229 e. The van der Waals surface area contributed by atoms with Crippen LogP contribution >= 0.6 is 0 Å². The van der Waals surface area contributed by atoms with Crippen LogP contribution in [0.4, 0.5) is 0 Å². The minimum atomic E-state index is -1.71. The van der Waals surface area contributed by atoms with Crippen molar-refractivity contribution in [2.75, 3.05) is 0 Å². The van der Waals surface area contributed by atoms with E-state index in [9.17, 15) is 45.6 Å². The predicted molar refractivity (Wildman–Crippen MR) is 137 cm³/mol. The van der Waals surface area contributed by atoms with Crippen LogP contribution in [0.5, 0.6) is 23.0 Å². The van der Waals surface area contributed by atoms with Crippen molar-refractivity contribution >= 4 is 11.0 Å². The summed E-state index contributed by atoms with van der Waals surface area (Å²) >= 11 is 0. The monoisotopic (exact) mass is 578 g/mol. The fourth-order valence-corrected chi connectivity index (χ4v) is 4.69. The number of ether oxygens (including phenoxy) is 4. The standard InChI is InChI=1S/C27H30O14/c1-9-20(31)22(33)24(35)26(37-9)39-12-6-17-19(15(30)8-16(40-17)11-3-4-13(28)14(29)5-11)18(7-12)41-27-25(36)23(34)21(32)10(2)38-27/h3-10,20-29,31-36H,1-2H3/t9-,10-,20-,21-,22+,23+,24-,25-,26?,27?/m1/s1. The molecule has 0 amide bonds. The largest absolute Gasteiger partial charge is 0.504 e. The van der Waals surface area contributed by atoms with Gasteiger partial charge in [-0.2, -0.15) is 0 Å². The van der Waals surface area contributed by atoms with E-state index in [1.807, 2.05) is 0 Å². The van der Waals surface area contributed by atoms with E-state index in [0.29, 0.717) is 0 Å². The Balaban J connectivity index is 1.59. The summed E-state index contributed by atoms with van der Waals surface area (Å²) in [5.41, 5.74) is -0.511. The molecule has 2 aliphatic heterocycles. The van der Waals surface area contributed by atoms with E-state index in [4.69, 9.17) is 23.4 Å². The van der Waals surface area contributed by atoms with Gasteiger partial charge in [0.15, 0.2) is 16.9 Å². The fourth-order valence-electron chi connectivity index (χ4n) is 4.69. The van der Waals surface area contributed by atoms with Crippen molar-refractivity contribution in [1.82, 2.24) is 0 Å². The van der Waals surface area contributed by atoms with Gasteiger partial charge in [0.2, 0.25) is 12.6 Å². The Bertz CT molecular complexity index is 1470. The molecule has 8 N–H and O–H groups in total. The van der Waals surface area contributed by atoms with Gasteiger partial charge in [0.1, 0.15) is 64.9 Å². The lowest BCUT2D eigenvalue weighted by atomic mass is 10.00. The molecule has 0 bridgehead atoms. The third-order valence-electron chi connectivity index (χ3n) is 7.14. The minimum absolute atomic E-state index is 0.0110. The molecule has 222 valence electrons. The van der Waals surface area contributed by atoms with Crippen molar-refractivity contribution in [1.29, 1.82) is 0 Å². The Labute approximate surface area is 231 Å². The van der Waals surface area contributed by atoms with Crippen LogP contribution < -0.4 is 14.9 Å². The first kappa shape index (κ1) is 29.0. The molecule has 2 aliphatic rings. The molecule has 2 unspecified atom stereocenters. The highest BCUT2D eigenvalue weighted by Gasteiger charge is 2.44. The Kier molecular flexibility index (Phi) is 7.84. The predicted octanol–water partition coefficient (Wildman–Crippen LogP) is -0.716. The average Bonchev–Trinajstić information content (AvgIpc) is 2.93. The summed E-state index contributed by atoms with van der Waals surface area (Å²) in [4.78, 5) is 13.3. The van der Waals surface area contributed by atoms with E-state index in [0.717, 1.165) is 6.07 Å². The van der Waals surface area contributed by atoms with Gasteiger partial charge in [-0.1, -0.05) is 0 Å². The number of phenols is 2.